The molecule has 0 saturated heterocycles. The quantitative estimate of drug-likeness (QED) is 0.695. The molecular weight excluding hydrogens is 340 g/mol. The van der Waals surface area contributed by atoms with Gasteiger partial charge in [-0.15, -0.1) is 0 Å². The summed E-state index contributed by atoms with van der Waals surface area (Å²) in [5, 5.41) is 16.5. The highest BCUT2D eigenvalue weighted by Gasteiger charge is 2.43. The average Bonchev–Trinajstić information content (AvgIpc) is 3.06. The van der Waals surface area contributed by atoms with Crippen LogP contribution in [0.1, 0.15) is 77.3 Å². The van der Waals surface area contributed by atoms with Crippen LogP contribution < -0.4 is 15.4 Å². The fourth-order valence-corrected chi connectivity index (χ4v) is 4.24. The number of benzene rings is 1. The van der Waals surface area contributed by atoms with Gasteiger partial charge in [0.2, 0.25) is 0 Å². The summed E-state index contributed by atoms with van der Waals surface area (Å²) in [6.45, 7) is 6.31. The second-order valence-electron chi connectivity index (χ2n) is 9.04. The molecule has 27 heavy (non-hydrogen) atoms. The lowest BCUT2D eigenvalue weighted by Crippen LogP contribution is -2.49. The number of hydrogen-bond acceptors (Lipinski definition) is 3. The maximum atomic E-state index is 12.5. The first-order valence-electron chi connectivity index (χ1n) is 10.3. The number of urea groups is 1. The van der Waals surface area contributed by atoms with E-state index in [9.17, 15) is 9.90 Å². The van der Waals surface area contributed by atoms with Crippen LogP contribution in [-0.4, -0.2) is 28.9 Å². The van der Waals surface area contributed by atoms with E-state index in [2.05, 4.69) is 24.5 Å². The van der Waals surface area contributed by atoms with Gasteiger partial charge in [-0.05, 0) is 57.4 Å². The number of rotatable bonds is 6. The van der Waals surface area contributed by atoms with Crippen LogP contribution in [0.4, 0.5) is 4.79 Å². The largest absolute Gasteiger partial charge is 0.487 e. The fraction of sp³-hybridized carbons (Fsp3) is 0.682. The van der Waals surface area contributed by atoms with E-state index in [1.54, 1.807) is 6.92 Å². The number of amides is 2. The minimum atomic E-state index is -0.887. The highest BCUT2D eigenvalue weighted by atomic mass is 16.5. The molecule has 5 heteroatoms. The number of nitrogens with one attached hydrogen (secondary N) is 2. The van der Waals surface area contributed by atoms with Gasteiger partial charge in [0.15, 0.2) is 0 Å². The lowest BCUT2D eigenvalue weighted by atomic mass is 9.86. The number of ether oxygens (including phenoxy) is 1. The van der Waals surface area contributed by atoms with E-state index >= 15 is 0 Å². The lowest BCUT2D eigenvalue weighted by Gasteiger charge is -2.40. The summed E-state index contributed by atoms with van der Waals surface area (Å²) in [6.07, 6.45) is 6.87. The summed E-state index contributed by atoms with van der Waals surface area (Å²) in [4.78, 5) is 12.5. The number of aliphatic hydroxyl groups is 1. The van der Waals surface area contributed by atoms with E-state index in [1.165, 1.54) is 12.8 Å². The first-order valence-corrected chi connectivity index (χ1v) is 10.3. The molecule has 1 aromatic rings. The Morgan fingerprint density at radius 2 is 2.04 bits per heavy atom. The number of para-hydroxylation sites is 1. The standard InChI is InChI=1S/C22H34N2O3/c1-16(2)10-13-21(3,26)15-23-20(25)24-18-14-22(11-6-7-12-22)27-19-9-5-4-8-17(18)19/h4-5,8-9,16,18,26H,6-7,10-15H2,1-3H3,(H2,23,24,25). The maximum absolute atomic E-state index is 12.5. The number of carbonyl (C=O) groups excluding carboxylic acids is 1. The summed E-state index contributed by atoms with van der Waals surface area (Å²) in [5.74, 6) is 1.42. The minimum absolute atomic E-state index is 0.0614. The normalized spacial score (nSPS) is 22.8. The van der Waals surface area contributed by atoms with Crippen molar-refractivity contribution in [2.45, 2.75) is 83.0 Å². The van der Waals surface area contributed by atoms with Crippen LogP contribution in [0.25, 0.3) is 0 Å². The Morgan fingerprint density at radius 1 is 1.33 bits per heavy atom. The van der Waals surface area contributed by atoms with Crippen molar-refractivity contribution in [2.24, 2.45) is 5.92 Å². The van der Waals surface area contributed by atoms with Crippen LogP contribution >= 0.6 is 0 Å². The van der Waals surface area contributed by atoms with Crippen LogP contribution in [0, 0.1) is 5.92 Å². The average molecular weight is 375 g/mol. The van der Waals surface area contributed by atoms with Crippen molar-refractivity contribution < 1.29 is 14.6 Å². The predicted octanol–water partition coefficient (Wildman–Crippen LogP) is 4.31. The molecule has 0 bridgehead atoms. The first-order chi connectivity index (χ1) is 12.8. The molecule has 5 nitrogen and oxygen atoms in total. The SMILES string of the molecule is CC(C)CCC(C)(O)CNC(=O)NC1CC2(CCCC2)Oc2ccccc21. The zero-order valence-corrected chi connectivity index (χ0v) is 16.9. The smallest absolute Gasteiger partial charge is 0.315 e. The Labute approximate surface area is 162 Å². The summed E-state index contributed by atoms with van der Waals surface area (Å²) in [5.41, 5.74) is 0.00782. The van der Waals surface area contributed by atoms with Crippen molar-refractivity contribution in [1.29, 1.82) is 0 Å². The summed E-state index contributed by atoms with van der Waals surface area (Å²) >= 11 is 0. The maximum Gasteiger partial charge on any atom is 0.315 e. The predicted molar refractivity (Wildman–Crippen MR) is 107 cm³/mol. The van der Waals surface area contributed by atoms with Gasteiger partial charge >= 0.3 is 6.03 Å². The van der Waals surface area contributed by atoms with Crippen LogP contribution in [-0.2, 0) is 0 Å². The van der Waals surface area contributed by atoms with E-state index in [1.807, 2.05) is 24.3 Å². The van der Waals surface area contributed by atoms with E-state index in [0.29, 0.717) is 12.3 Å². The van der Waals surface area contributed by atoms with Crippen molar-refractivity contribution in [3.8, 4) is 5.75 Å². The molecule has 1 aliphatic carbocycles. The van der Waals surface area contributed by atoms with Crippen molar-refractivity contribution >= 4 is 6.03 Å². The third-order valence-corrected chi connectivity index (χ3v) is 5.91. The Balaban J connectivity index is 1.61. The topological polar surface area (TPSA) is 70.6 Å². The fourth-order valence-electron chi connectivity index (χ4n) is 4.24. The zero-order chi connectivity index (χ0) is 19.5. The monoisotopic (exact) mass is 374 g/mol. The highest BCUT2D eigenvalue weighted by molar-refractivity contribution is 5.74. The molecule has 3 N–H and O–H groups in total. The third-order valence-electron chi connectivity index (χ3n) is 5.91. The molecule has 2 atom stereocenters. The molecule has 2 amide bonds. The molecule has 2 aliphatic rings. The van der Waals surface area contributed by atoms with Gasteiger partial charge in [0.25, 0.3) is 0 Å². The van der Waals surface area contributed by atoms with E-state index in [4.69, 9.17) is 4.74 Å². The second kappa shape index (κ2) is 8.09. The zero-order valence-electron chi connectivity index (χ0n) is 16.9. The Kier molecular flexibility index (Phi) is 5.99. The van der Waals surface area contributed by atoms with Gasteiger partial charge in [-0.1, -0.05) is 32.0 Å². The Hall–Kier alpha value is -1.75. The number of hydrogen-bond donors (Lipinski definition) is 3. The summed E-state index contributed by atoms with van der Waals surface area (Å²) < 4.78 is 6.35. The van der Waals surface area contributed by atoms with E-state index in [0.717, 1.165) is 37.0 Å². The molecule has 1 spiro atoms. The second-order valence-corrected chi connectivity index (χ2v) is 9.04. The lowest BCUT2D eigenvalue weighted by molar-refractivity contribution is 0.0366. The van der Waals surface area contributed by atoms with E-state index in [-0.39, 0.29) is 24.2 Å². The van der Waals surface area contributed by atoms with Crippen LogP contribution in [0.3, 0.4) is 0 Å². The van der Waals surface area contributed by atoms with Gasteiger partial charge in [-0.2, -0.15) is 0 Å². The molecule has 3 rings (SSSR count). The van der Waals surface area contributed by atoms with Crippen LogP contribution in [0.15, 0.2) is 24.3 Å². The van der Waals surface area contributed by atoms with Gasteiger partial charge in [0.05, 0.1) is 11.6 Å². The van der Waals surface area contributed by atoms with Gasteiger partial charge in [-0.25, -0.2) is 4.79 Å². The van der Waals surface area contributed by atoms with Gasteiger partial charge in [0.1, 0.15) is 11.4 Å². The minimum Gasteiger partial charge on any atom is -0.487 e. The molecular formula is C22H34N2O3. The van der Waals surface area contributed by atoms with Gasteiger partial charge in [-0.3, -0.25) is 0 Å². The van der Waals surface area contributed by atoms with Crippen molar-refractivity contribution in [2.75, 3.05) is 6.54 Å². The molecule has 1 saturated carbocycles. The molecule has 150 valence electrons. The summed E-state index contributed by atoms with van der Waals surface area (Å²) in [6, 6.07) is 7.70. The molecule has 0 radical (unpaired) electrons. The molecule has 1 heterocycles. The van der Waals surface area contributed by atoms with Crippen molar-refractivity contribution in [1.82, 2.24) is 10.6 Å². The van der Waals surface area contributed by atoms with Crippen molar-refractivity contribution in [3.63, 3.8) is 0 Å². The van der Waals surface area contributed by atoms with Crippen molar-refractivity contribution in [3.05, 3.63) is 29.8 Å². The van der Waals surface area contributed by atoms with Crippen LogP contribution in [0.2, 0.25) is 0 Å². The molecule has 1 aromatic carbocycles. The molecule has 1 fully saturated rings. The Morgan fingerprint density at radius 3 is 2.74 bits per heavy atom. The third kappa shape index (κ3) is 5.16. The molecule has 0 aromatic heterocycles. The Bertz CT molecular complexity index is 651. The molecule has 1 aliphatic heterocycles. The first kappa shape index (κ1) is 20.0. The molecule has 2 unspecified atom stereocenters. The van der Waals surface area contributed by atoms with Gasteiger partial charge in [0, 0.05) is 18.5 Å². The van der Waals surface area contributed by atoms with Crippen LogP contribution in [0.5, 0.6) is 5.75 Å². The van der Waals surface area contributed by atoms with E-state index < -0.39 is 5.60 Å². The number of fused-ring (bicyclic) bond motifs is 1. The highest BCUT2D eigenvalue weighted by Crippen LogP contribution is 2.46. The summed E-state index contributed by atoms with van der Waals surface area (Å²) in [7, 11) is 0. The van der Waals surface area contributed by atoms with Gasteiger partial charge < -0.3 is 20.5 Å². The number of carbonyl (C=O) groups is 1.